The van der Waals surface area contributed by atoms with E-state index >= 15 is 0 Å². The number of amides is 1. The molecule has 1 fully saturated rings. The smallest absolute Gasteiger partial charge is 0.306 e. The first-order valence-electron chi connectivity index (χ1n) is 7.37. The van der Waals surface area contributed by atoms with Crippen LogP contribution in [0.5, 0.6) is 5.75 Å². The molecule has 2 aliphatic rings. The van der Waals surface area contributed by atoms with Crippen LogP contribution in [0.25, 0.3) is 0 Å². The fraction of sp³-hybridized carbons (Fsp3) is 0.500. The number of aliphatic carboxylic acids is 1. The normalized spacial score (nSPS) is 27.5. The fourth-order valence-electron chi connectivity index (χ4n) is 3.15. The third-order valence-electron chi connectivity index (χ3n) is 4.38. The van der Waals surface area contributed by atoms with E-state index in [9.17, 15) is 9.59 Å². The molecule has 112 valence electrons. The van der Waals surface area contributed by atoms with Crippen molar-refractivity contribution in [3.05, 3.63) is 29.8 Å². The topological polar surface area (TPSA) is 75.6 Å². The van der Waals surface area contributed by atoms with Crippen LogP contribution in [-0.2, 0) is 16.0 Å². The summed E-state index contributed by atoms with van der Waals surface area (Å²) < 4.78 is 5.63. The van der Waals surface area contributed by atoms with Crippen molar-refractivity contribution in [2.45, 2.75) is 31.7 Å². The van der Waals surface area contributed by atoms with Crippen LogP contribution >= 0.6 is 0 Å². The minimum absolute atomic E-state index is 0.0178. The molecule has 1 amide bonds. The minimum Gasteiger partial charge on any atom is -0.492 e. The highest BCUT2D eigenvalue weighted by Crippen LogP contribution is 2.29. The van der Waals surface area contributed by atoms with Crippen molar-refractivity contribution in [1.82, 2.24) is 5.32 Å². The maximum Gasteiger partial charge on any atom is 0.306 e. The number of ether oxygens (including phenoxy) is 1. The summed E-state index contributed by atoms with van der Waals surface area (Å²) in [5.74, 6) is -0.446. The Kier molecular flexibility index (Phi) is 3.82. The van der Waals surface area contributed by atoms with Crippen LogP contribution in [0.15, 0.2) is 24.3 Å². The summed E-state index contributed by atoms with van der Waals surface area (Å²) in [6.45, 7) is 0.387. The molecule has 1 heterocycles. The highest BCUT2D eigenvalue weighted by atomic mass is 16.5. The van der Waals surface area contributed by atoms with Gasteiger partial charge in [-0.3, -0.25) is 9.59 Å². The average Bonchev–Trinajstić information content (AvgIpc) is 2.95. The third kappa shape index (κ3) is 3.01. The Labute approximate surface area is 123 Å². The molecule has 3 atom stereocenters. The number of benzene rings is 1. The molecule has 0 spiro atoms. The Morgan fingerprint density at radius 3 is 2.76 bits per heavy atom. The summed E-state index contributed by atoms with van der Waals surface area (Å²) in [6.07, 6.45) is 2.60. The molecule has 1 saturated carbocycles. The van der Waals surface area contributed by atoms with Gasteiger partial charge in [0.2, 0.25) is 5.91 Å². The second kappa shape index (κ2) is 5.76. The molecule has 0 radical (unpaired) electrons. The Hall–Kier alpha value is -2.04. The highest BCUT2D eigenvalue weighted by Gasteiger charge is 2.33. The summed E-state index contributed by atoms with van der Waals surface area (Å²) in [5.41, 5.74) is 1.05. The van der Waals surface area contributed by atoms with Crippen molar-refractivity contribution < 1.29 is 19.4 Å². The highest BCUT2D eigenvalue weighted by molar-refractivity contribution is 5.80. The van der Waals surface area contributed by atoms with Gasteiger partial charge in [-0.05, 0) is 37.3 Å². The number of nitrogens with one attached hydrogen (secondary N) is 1. The number of carboxylic acids is 1. The van der Waals surface area contributed by atoms with Crippen molar-refractivity contribution in [1.29, 1.82) is 0 Å². The predicted molar refractivity (Wildman–Crippen MR) is 76.0 cm³/mol. The van der Waals surface area contributed by atoms with E-state index in [4.69, 9.17) is 9.84 Å². The van der Waals surface area contributed by atoms with Crippen LogP contribution in [0.2, 0.25) is 0 Å². The Balaban J connectivity index is 1.57. The molecule has 0 aromatic heterocycles. The van der Waals surface area contributed by atoms with Crippen LogP contribution in [-0.4, -0.2) is 29.6 Å². The molecular formula is C16H19NO4. The van der Waals surface area contributed by atoms with Gasteiger partial charge in [0.05, 0.1) is 11.8 Å². The SMILES string of the molecule is O=C(N[C@@H]1CC[C@H](C(=O)O)C1)C1COc2ccccc2C1. The van der Waals surface area contributed by atoms with E-state index in [1.54, 1.807) is 0 Å². The van der Waals surface area contributed by atoms with E-state index in [1.807, 2.05) is 24.3 Å². The van der Waals surface area contributed by atoms with Crippen molar-refractivity contribution in [3.63, 3.8) is 0 Å². The maximum atomic E-state index is 12.3. The van der Waals surface area contributed by atoms with E-state index in [0.29, 0.717) is 25.9 Å². The second-order valence-corrected chi connectivity index (χ2v) is 5.87. The van der Waals surface area contributed by atoms with E-state index in [1.165, 1.54) is 0 Å². The van der Waals surface area contributed by atoms with Gasteiger partial charge in [-0.1, -0.05) is 18.2 Å². The summed E-state index contributed by atoms with van der Waals surface area (Å²) in [5, 5.41) is 12.0. The maximum absolute atomic E-state index is 12.3. The summed E-state index contributed by atoms with van der Waals surface area (Å²) in [4.78, 5) is 23.2. The zero-order valence-corrected chi connectivity index (χ0v) is 11.7. The second-order valence-electron chi connectivity index (χ2n) is 5.87. The molecule has 21 heavy (non-hydrogen) atoms. The molecule has 2 N–H and O–H groups in total. The van der Waals surface area contributed by atoms with Crippen LogP contribution in [0.4, 0.5) is 0 Å². The Bertz CT molecular complexity index is 557. The van der Waals surface area contributed by atoms with Crippen molar-refractivity contribution in [3.8, 4) is 5.75 Å². The first kappa shape index (κ1) is 13.9. The number of para-hydroxylation sites is 1. The minimum atomic E-state index is -0.762. The molecule has 1 aliphatic heterocycles. The van der Waals surface area contributed by atoms with Gasteiger partial charge >= 0.3 is 5.97 Å². The van der Waals surface area contributed by atoms with E-state index in [2.05, 4.69) is 5.32 Å². The summed E-state index contributed by atoms with van der Waals surface area (Å²) in [7, 11) is 0. The van der Waals surface area contributed by atoms with Gasteiger partial charge < -0.3 is 15.2 Å². The van der Waals surface area contributed by atoms with E-state index in [-0.39, 0.29) is 23.8 Å². The summed E-state index contributed by atoms with van der Waals surface area (Å²) in [6, 6.07) is 7.74. The largest absolute Gasteiger partial charge is 0.492 e. The molecule has 1 aromatic carbocycles. The van der Waals surface area contributed by atoms with Gasteiger partial charge in [0.15, 0.2) is 0 Å². The lowest BCUT2D eigenvalue weighted by atomic mass is 9.95. The van der Waals surface area contributed by atoms with Gasteiger partial charge in [-0.15, -0.1) is 0 Å². The molecule has 0 saturated heterocycles. The molecule has 1 aliphatic carbocycles. The molecule has 1 unspecified atom stereocenters. The Morgan fingerprint density at radius 1 is 1.19 bits per heavy atom. The third-order valence-corrected chi connectivity index (χ3v) is 4.38. The monoisotopic (exact) mass is 289 g/mol. The number of hydrogen-bond donors (Lipinski definition) is 2. The first-order chi connectivity index (χ1) is 10.1. The predicted octanol–water partition coefficient (Wildman–Crippen LogP) is 1.61. The lowest BCUT2D eigenvalue weighted by Gasteiger charge is -2.25. The zero-order chi connectivity index (χ0) is 14.8. The van der Waals surface area contributed by atoms with Gasteiger partial charge in [0.1, 0.15) is 12.4 Å². The zero-order valence-electron chi connectivity index (χ0n) is 11.7. The standard InChI is InChI=1S/C16H19NO4/c18-15(17-13-6-5-11(8-13)16(19)20)12-7-10-3-1-2-4-14(10)21-9-12/h1-4,11-13H,5-9H2,(H,17,18)(H,19,20)/t11-,12?,13+/m0/s1. The van der Waals surface area contributed by atoms with Crippen LogP contribution < -0.4 is 10.1 Å². The van der Waals surface area contributed by atoms with Gasteiger partial charge in [-0.2, -0.15) is 0 Å². The molecule has 5 nitrogen and oxygen atoms in total. The molecule has 5 heteroatoms. The lowest BCUT2D eigenvalue weighted by Crippen LogP contribution is -2.41. The first-order valence-corrected chi connectivity index (χ1v) is 7.37. The number of fused-ring (bicyclic) bond motifs is 1. The van der Waals surface area contributed by atoms with E-state index in [0.717, 1.165) is 17.7 Å². The van der Waals surface area contributed by atoms with Crippen LogP contribution in [0, 0.1) is 11.8 Å². The lowest BCUT2D eigenvalue weighted by molar-refractivity contribution is -0.141. The van der Waals surface area contributed by atoms with Crippen molar-refractivity contribution in [2.75, 3.05) is 6.61 Å². The Morgan fingerprint density at radius 2 is 2.00 bits per heavy atom. The van der Waals surface area contributed by atoms with Crippen molar-refractivity contribution >= 4 is 11.9 Å². The van der Waals surface area contributed by atoms with Gasteiger partial charge in [-0.25, -0.2) is 0 Å². The van der Waals surface area contributed by atoms with Crippen LogP contribution in [0.1, 0.15) is 24.8 Å². The molecule has 0 bridgehead atoms. The number of carbonyl (C=O) groups is 2. The van der Waals surface area contributed by atoms with Crippen LogP contribution in [0.3, 0.4) is 0 Å². The van der Waals surface area contributed by atoms with Gasteiger partial charge in [0, 0.05) is 6.04 Å². The molecule has 3 rings (SSSR count). The molecule has 1 aromatic rings. The summed E-state index contributed by atoms with van der Waals surface area (Å²) >= 11 is 0. The number of hydrogen-bond acceptors (Lipinski definition) is 3. The average molecular weight is 289 g/mol. The number of carbonyl (C=O) groups excluding carboxylic acids is 1. The number of rotatable bonds is 3. The fourth-order valence-corrected chi connectivity index (χ4v) is 3.15. The quantitative estimate of drug-likeness (QED) is 0.886. The van der Waals surface area contributed by atoms with E-state index < -0.39 is 5.97 Å². The van der Waals surface area contributed by atoms with Crippen molar-refractivity contribution in [2.24, 2.45) is 11.8 Å². The number of carboxylic acid groups (broad SMARTS) is 1. The van der Waals surface area contributed by atoms with Gasteiger partial charge in [0.25, 0.3) is 0 Å². The molecular weight excluding hydrogens is 270 g/mol.